The summed E-state index contributed by atoms with van der Waals surface area (Å²) < 4.78 is 0. The van der Waals surface area contributed by atoms with Crippen LogP contribution in [0.5, 0.6) is 5.75 Å². The van der Waals surface area contributed by atoms with E-state index >= 15 is 0 Å². The number of hydrogen-bond acceptors (Lipinski definition) is 5. The van der Waals surface area contributed by atoms with E-state index in [0.29, 0.717) is 37.7 Å². The number of carbonyl (C=O) groups excluding carboxylic acids is 2. The van der Waals surface area contributed by atoms with E-state index in [-0.39, 0.29) is 39.7 Å². The first-order valence-corrected chi connectivity index (χ1v) is 11.7. The molecular weight excluding hydrogens is 441 g/mol. The molecule has 31 heavy (non-hydrogen) atoms. The minimum absolute atomic E-state index is 0.0136. The zero-order valence-electron chi connectivity index (χ0n) is 17.5. The van der Waals surface area contributed by atoms with E-state index in [9.17, 15) is 19.8 Å². The Balaban J connectivity index is 1.32. The standard InChI is InChI=1S/C22H29Cl2N3O4/c23-15-11-17(20(30)18(24)12-15)21(31)27-10-5-22(14-27)3-8-26(9-4-22)19(29)13-25-6-1-16(28)2-7-25/h11-12,16,28,30H,1-10,13-14H2. The van der Waals surface area contributed by atoms with Gasteiger partial charge in [0.1, 0.15) is 5.75 Å². The first-order chi connectivity index (χ1) is 14.8. The van der Waals surface area contributed by atoms with Crippen molar-refractivity contribution in [3.63, 3.8) is 0 Å². The summed E-state index contributed by atoms with van der Waals surface area (Å²) in [7, 11) is 0. The van der Waals surface area contributed by atoms with Gasteiger partial charge in [0.15, 0.2) is 0 Å². The van der Waals surface area contributed by atoms with Crippen LogP contribution in [-0.4, -0.2) is 88.6 Å². The molecule has 1 aromatic rings. The number of phenols is 1. The molecule has 3 fully saturated rings. The van der Waals surface area contributed by atoms with Crippen LogP contribution in [-0.2, 0) is 4.79 Å². The highest BCUT2D eigenvalue weighted by atomic mass is 35.5. The number of likely N-dealkylation sites (tertiary alicyclic amines) is 3. The minimum atomic E-state index is -0.260. The lowest BCUT2D eigenvalue weighted by molar-refractivity contribution is -0.135. The summed E-state index contributed by atoms with van der Waals surface area (Å²) in [6, 6.07) is 2.87. The van der Waals surface area contributed by atoms with Crippen LogP contribution < -0.4 is 0 Å². The molecule has 0 bridgehead atoms. The predicted molar refractivity (Wildman–Crippen MR) is 119 cm³/mol. The van der Waals surface area contributed by atoms with Gasteiger partial charge in [0.2, 0.25) is 5.91 Å². The van der Waals surface area contributed by atoms with Crippen molar-refractivity contribution >= 4 is 35.0 Å². The summed E-state index contributed by atoms with van der Waals surface area (Å²) in [5, 5.41) is 20.2. The highest BCUT2D eigenvalue weighted by Gasteiger charge is 2.43. The molecule has 3 aliphatic heterocycles. The maximum Gasteiger partial charge on any atom is 0.257 e. The number of piperidine rings is 2. The fourth-order valence-electron chi connectivity index (χ4n) is 5.02. The van der Waals surface area contributed by atoms with E-state index in [0.717, 1.165) is 45.2 Å². The summed E-state index contributed by atoms with van der Waals surface area (Å²) in [5.74, 6) is -0.345. The average Bonchev–Trinajstić information content (AvgIpc) is 3.16. The molecule has 1 aromatic carbocycles. The number of aromatic hydroxyl groups is 1. The second-order valence-electron chi connectivity index (χ2n) is 9.15. The molecule has 9 heteroatoms. The SMILES string of the molecule is O=C(CN1CCC(O)CC1)N1CCC2(CC1)CCN(C(=O)c1cc(Cl)cc(Cl)c1O)C2. The van der Waals surface area contributed by atoms with E-state index in [1.807, 2.05) is 4.90 Å². The zero-order valence-corrected chi connectivity index (χ0v) is 19.0. The normalized spacial score (nSPS) is 22.3. The van der Waals surface area contributed by atoms with Crippen LogP contribution in [0, 0.1) is 5.41 Å². The molecule has 2 N–H and O–H groups in total. The number of benzene rings is 1. The number of rotatable bonds is 3. The van der Waals surface area contributed by atoms with Crippen molar-refractivity contribution in [1.82, 2.24) is 14.7 Å². The van der Waals surface area contributed by atoms with E-state index in [2.05, 4.69) is 4.90 Å². The predicted octanol–water partition coefficient (Wildman–Crippen LogP) is 2.61. The molecule has 0 atom stereocenters. The van der Waals surface area contributed by atoms with Crippen molar-refractivity contribution in [3.05, 3.63) is 27.7 Å². The lowest BCUT2D eigenvalue weighted by Crippen LogP contribution is -2.49. The molecule has 2 amide bonds. The van der Waals surface area contributed by atoms with Gasteiger partial charge in [-0.1, -0.05) is 23.2 Å². The maximum absolute atomic E-state index is 13.0. The molecule has 1 spiro atoms. The Hall–Kier alpha value is -1.54. The van der Waals surface area contributed by atoms with Gasteiger partial charge in [-0.25, -0.2) is 0 Å². The Kier molecular flexibility index (Phi) is 6.68. The van der Waals surface area contributed by atoms with E-state index in [4.69, 9.17) is 23.2 Å². The third-order valence-corrected chi connectivity index (χ3v) is 7.58. The first kappa shape index (κ1) is 22.6. The second kappa shape index (κ2) is 9.14. The lowest BCUT2D eigenvalue weighted by Gasteiger charge is -2.40. The van der Waals surface area contributed by atoms with Crippen molar-refractivity contribution in [2.75, 3.05) is 45.8 Å². The number of halogens is 2. The molecule has 0 radical (unpaired) electrons. The maximum atomic E-state index is 13.0. The van der Waals surface area contributed by atoms with Gasteiger partial charge in [-0.3, -0.25) is 14.5 Å². The molecule has 0 aliphatic carbocycles. The number of nitrogens with zero attached hydrogens (tertiary/aromatic N) is 3. The topological polar surface area (TPSA) is 84.3 Å². The fraction of sp³-hybridized carbons (Fsp3) is 0.636. The molecule has 7 nitrogen and oxygen atoms in total. The Labute approximate surface area is 192 Å². The van der Waals surface area contributed by atoms with Gasteiger partial charge < -0.3 is 20.0 Å². The van der Waals surface area contributed by atoms with Crippen molar-refractivity contribution in [3.8, 4) is 5.75 Å². The van der Waals surface area contributed by atoms with Crippen molar-refractivity contribution in [2.24, 2.45) is 5.41 Å². The number of phenolic OH excluding ortho intramolecular Hbond substituents is 1. The molecule has 3 aliphatic rings. The zero-order chi connectivity index (χ0) is 22.2. The number of amides is 2. The Morgan fingerprint density at radius 1 is 1.00 bits per heavy atom. The molecule has 3 heterocycles. The van der Waals surface area contributed by atoms with Gasteiger partial charge >= 0.3 is 0 Å². The Morgan fingerprint density at radius 3 is 2.26 bits per heavy atom. The van der Waals surface area contributed by atoms with Crippen molar-refractivity contribution in [2.45, 2.75) is 38.2 Å². The summed E-state index contributed by atoms with van der Waals surface area (Å²) in [6.07, 6.45) is 3.84. The van der Waals surface area contributed by atoms with Gasteiger partial charge in [-0.15, -0.1) is 0 Å². The highest BCUT2D eigenvalue weighted by Crippen LogP contribution is 2.42. The van der Waals surface area contributed by atoms with E-state index in [1.54, 1.807) is 4.90 Å². The van der Waals surface area contributed by atoms with Gasteiger partial charge in [0, 0.05) is 44.3 Å². The largest absolute Gasteiger partial charge is 0.506 e. The number of hydrogen-bond donors (Lipinski definition) is 2. The summed E-state index contributed by atoms with van der Waals surface area (Å²) >= 11 is 12.0. The van der Waals surface area contributed by atoms with Crippen molar-refractivity contribution in [1.29, 1.82) is 0 Å². The van der Waals surface area contributed by atoms with Gasteiger partial charge in [0.05, 0.1) is 23.2 Å². The van der Waals surface area contributed by atoms with Crippen LogP contribution in [0.3, 0.4) is 0 Å². The van der Waals surface area contributed by atoms with E-state index in [1.165, 1.54) is 12.1 Å². The molecule has 4 rings (SSSR count). The third kappa shape index (κ3) is 4.95. The Bertz CT molecular complexity index is 849. The summed E-state index contributed by atoms with van der Waals surface area (Å²) in [5.41, 5.74) is 0.147. The highest BCUT2D eigenvalue weighted by molar-refractivity contribution is 6.36. The first-order valence-electron chi connectivity index (χ1n) is 10.9. The van der Waals surface area contributed by atoms with E-state index < -0.39 is 0 Å². The van der Waals surface area contributed by atoms with Crippen molar-refractivity contribution < 1.29 is 19.8 Å². The summed E-state index contributed by atoms with van der Waals surface area (Å²) in [4.78, 5) is 31.5. The minimum Gasteiger partial charge on any atom is -0.506 e. The van der Waals surface area contributed by atoms with Gasteiger partial charge in [-0.05, 0) is 49.7 Å². The van der Waals surface area contributed by atoms with Crippen LogP contribution in [0.15, 0.2) is 12.1 Å². The molecular formula is C22H29Cl2N3O4. The van der Waals surface area contributed by atoms with Crippen LogP contribution in [0.4, 0.5) is 0 Å². The molecule has 3 saturated heterocycles. The van der Waals surface area contributed by atoms with Crippen LogP contribution in [0.2, 0.25) is 10.0 Å². The fourth-order valence-corrected chi connectivity index (χ4v) is 5.51. The quantitative estimate of drug-likeness (QED) is 0.710. The van der Waals surface area contributed by atoms with Crippen LogP contribution in [0.1, 0.15) is 42.5 Å². The number of carbonyl (C=O) groups is 2. The monoisotopic (exact) mass is 469 g/mol. The molecule has 0 saturated carbocycles. The lowest BCUT2D eigenvalue weighted by atomic mass is 9.77. The smallest absolute Gasteiger partial charge is 0.257 e. The molecule has 0 unspecified atom stereocenters. The van der Waals surface area contributed by atoms with Gasteiger partial charge in [0.25, 0.3) is 5.91 Å². The van der Waals surface area contributed by atoms with Gasteiger partial charge in [-0.2, -0.15) is 0 Å². The average molecular weight is 470 g/mol. The number of aliphatic hydroxyl groups excluding tert-OH is 1. The molecule has 0 aromatic heterocycles. The van der Waals surface area contributed by atoms with Crippen LogP contribution >= 0.6 is 23.2 Å². The molecule has 170 valence electrons. The third-order valence-electron chi connectivity index (χ3n) is 7.08. The van der Waals surface area contributed by atoms with Crippen LogP contribution in [0.25, 0.3) is 0 Å². The second-order valence-corrected chi connectivity index (χ2v) is 9.99. The number of aliphatic hydroxyl groups is 1. The Morgan fingerprint density at radius 2 is 1.61 bits per heavy atom. The summed E-state index contributed by atoms with van der Waals surface area (Å²) in [6.45, 7) is 4.58.